The second-order valence-corrected chi connectivity index (χ2v) is 7.98. The first-order valence-electron chi connectivity index (χ1n) is 9.22. The zero-order valence-corrected chi connectivity index (χ0v) is 16.4. The van der Waals surface area contributed by atoms with Gasteiger partial charge >= 0.3 is 6.03 Å². The van der Waals surface area contributed by atoms with Gasteiger partial charge in [0.25, 0.3) is 0 Å². The Kier molecular flexibility index (Phi) is 6.89. The monoisotopic (exact) mass is 361 g/mol. The van der Waals surface area contributed by atoms with Gasteiger partial charge in [-0.2, -0.15) is 0 Å². The standard InChI is InChI=1S/C20H31N3O3/c1-20(2,3)10-5-11-21-19(25)23-13-12-22(18(24)15-23)14-16-6-8-17(26-4)9-7-16/h6-9H,5,10-15H2,1-4H3,(H,21,25). The number of nitrogens with one attached hydrogen (secondary N) is 1. The Balaban J connectivity index is 1.76. The van der Waals surface area contributed by atoms with Crippen LogP contribution in [0.5, 0.6) is 5.75 Å². The fraction of sp³-hybridized carbons (Fsp3) is 0.600. The lowest BCUT2D eigenvalue weighted by Crippen LogP contribution is -2.54. The van der Waals surface area contributed by atoms with Crippen molar-refractivity contribution in [2.24, 2.45) is 5.41 Å². The number of benzene rings is 1. The molecule has 1 aromatic carbocycles. The molecule has 0 unspecified atom stereocenters. The second-order valence-electron chi connectivity index (χ2n) is 7.98. The molecule has 1 aromatic rings. The first-order chi connectivity index (χ1) is 12.3. The lowest BCUT2D eigenvalue weighted by Gasteiger charge is -2.34. The van der Waals surface area contributed by atoms with Gasteiger partial charge in [-0.1, -0.05) is 32.9 Å². The molecular formula is C20H31N3O3. The van der Waals surface area contributed by atoms with E-state index in [-0.39, 0.29) is 23.9 Å². The minimum absolute atomic E-state index is 0.0168. The smallest absolute Gasteiger partial charge is 0.317 e. The van der Waals surface area contributed by atoms with E-state index in [9.17, 15) is 9.59 Å². The summed E-state index contributed by atoms with van der Waals surface area (Å²) in [7, 11) is 1.63. The summed E-state index contributed by atoms with van der Waals surface area (Å²) in [5.41, 5.74) is 1.33. The van der Waals surface area contributed by atoms with Crippen molar-refractivity contribution in [2.45, 2.75) is 40.2 Å². The van der Waals surface area contributed by atoms with Crippen molar-refractivity contribution >= 4 is 11.9 Å². The van der Waals surface area contributed by atoms with Crippen LogP contribution in [0.3, 0.4) is 0 Å². The van der Waals surface area contributed by atoms with Crippen LogP contribution in [-0.2, 0) is 11.3 Å². The highest BCUT2D eigenvalue weighted by molar-refractivity contribution is 5.85. The van der Waals surface area contributed by atoms with Crippen molar-refractivity contribution in [3.05, 3.63) is 29.8 Å². The van der Waals surface area contributed by atoms with Crippen LogP contribution in [0.1, 0.15) is 39.2 Å². The third-order valence-electron chi connectivity index (χ3n) is 4.52. The SMILES string of the molecule is COc1ccc(CN2CCN(C(=O)NCCCC(C)(C)C)CC2=O)cc1. The van der Waals surface area contributed by atoms with Crippen LogP contribution in [0.15, 0.2) is 24.3 Å². The van der Waals surface area contributed by atoms with Gasteiger partial charge in [0.1, 0.15) is 12.3 Å². The van der Waals surface area contributed by atoms with Crippen molar-refractivity contribution in [2.75, 3.05) is 33.3 Å². The van der Waals surface area contributed by atoms with E-state index in [0.717, 1.165) is 24.2 Å². The third-order valence-corrected chi connectivity index (χ3v) is 4.52. The summed E-state index contributed by atoms with van der Waals surface area (Å²) in [5, 5.41) is 2.93. The Morgan fingerprint density at radius 2 is 1.88 bits per heavy atom. The number of carbonyl (C=O) groups is 2. The minimum Gasteiger partial charge on any atom is -0.497 e. The zero-order chi connectivity index (χ0) is 19.2. The van der Waals surface area contributed by atoms with E-state index >= 15 is 0 Å². The minimum atomic E-state index is -0.142. The molecule has 1 fully saturated rings. The van der Waals surface area contributed by atoms with Crippen LogP contribution in [0, 0.1) is 5.41 Å². The maximum Gasteiger partial charge on any atom is 0.317 e. The van der Waals surface area contributed by atoms with Gasteiger partial charge in [-0.25, -0.2) is 4.79 Å². The summed E-state index contributed by atoms with van der Waals surface area (Å²) in [6.07, 6.45) is 2.00. The number of hydrogen-bond donors (Lipinski definition) is 1. The molecule has 0 radical (unpaired) electrons. The first-order valence-corrected chi connectivity index (χ1v) is 9.22. The molecule has 1 N–H and O–H groups in total. The molecule has 0 bridgehead atoms. The summed E-state index contributed by atoms with van der Waals surface area (Å²) in [5.74, 6) is 0.782. The Hall–Kier alpha value is -2.24. The highest BCUT2D eigenvalue weighted by Crippen LogP contribution is 2.20. The number of ether oxygens (including phenoxy) is 1. The first kappa shape index (κ1) is 20.1. The molecule has 0 aromatic heterocycles. The molecule has 3 amide bonds. The molecule has 2 rings (SSSR count). The topological polar surface area (TPSA) is 61.9 Å². The largest absolute Gasteiger partial charge is 0.497 e. The van der Waals surface area contributed by atoms with Crippen LogP contribution in [0.4, 0.5) is 4.79 Å². The molecule has 0 saturated carbocycles. The second kappa shape index (κ2) is 8.92. The van der Waals surface area contributed by atoms with Crippen LogP contribution in [-0.4, -0.2) is 55.0 Å². The van der Waals surface area contributed by atoms with Crippen molar-refractivity contribution in [1.29, 1.82) is 0 Å². The molecule has 144 valence electrons. The zero-order valence-electron chi connectivity index (χ0n) is 16.4. The Labute approximate surface area is 156 Å². The average Bonchev–Trinajstić information content (AvgIpc) is 2.60. The number of rotatable bonds is 6. The molecule has 0 spiro atoms. The van der Waals surface area contributed by atoms with Gasteiger partial charge in [-0.05, 0) is 36.0 Å². The highest BCUT2D eigenvalue weighted by Gasteiger charge is 2.27. The van der Waals surface area contributed by atoms with Gasteiger partial charge in [-0.15, -0.1) is 0 Å². The third kappa shape index (κ3) is 6.24. The molecule has 0 atom stereocenters. The van der Waals surface area contributed by atoms with E-state index in [4.69, 9.17) is 4.74 Å². The van der Waals surface area contributed by atoms with Gasteiger partial charge in [-0.3, -0.25) is 4.79 Å². The molecule has 1 heterocycles. The summed E-state index contributed by atoms with van der Waals surface area (Å²) < 4.78 is 5.15. The summed E-state index contributed by atoms with van der Waals surface area (Å²) in [6.45, 7) is 9.04. The predicted octanol–water partition coefficient (Wildman–Crippen LogP) is 2.88. The van der Waals surface area contributed by atoms with Crippen LogP contribution < -0.4 is 10.1 Å². The molecule has 1 aliphatic heterocycles. The van der Waals surface area contributed by atoms with E-state index < -0.39 is 0 Å². The molecule has 0 aliphatic carbocycles. The van der Waals surface area contributed by atoms with E-state index in [1.807, 2.05) is 24.3 Å². The van der Waals surface area contributed by atoms with Crippen molar-refractivity contribution in [3.63, 3.8) is 0 Å². The molecule has 6 nitrogen and oxygen atoms in total. The summed E-state index contributed by atoms with van der Waals surface area (Å²) >= 11 is 0. The van der Waals surface area contributed by atoms with E-state index in [1.54, 1.807) is 16.9 Å². The van der Waals surface area contributed by atoms with Crippen LogP contribution in [0.25, 0.3) is 0 Å². The average molecular weight is 361 g/mol. The normalized spacial score (nSPS) is 15.2. The lowest BCUT2D eigenvalue weighted by molar-refractivity contribution is -0.135. The van der Waals surface area contributed by atoms with E-state index in [1.165, 1.54) is 0 Å². The number of hydrogen-bond acceptors (Lipinski definition) is 3. The van der Waals surface area contributed by atoms with Crippen molar-refractivity contribution in [1.82, 2.24) is 15.1 Å². The van der Waals surface area contributed by atoms with Crippen LogP contribution >= 0.6 is 0 Å². The predicted molar refractivity (Wildman–Crippen MR) is 102 cm³/mol. The molecular weight excluding hydrogens is 330 g/mol. The number of urea groups is 1. The van der Waals surface area contributed by atoms with Crippen molar-refractivity contribution < 1.29 is 14.3 Å². The molecule has 1 aliphatic rings. The van der Waals surface area contributed by atoms with E-state index in [0.29, 0.717) is 26.2 Å². The Bertz CT molecular complexity index is 608. The van der Waals surface area contributed by atoms with Gasteiger partial charge in [0.05, 0.1) is 7.11 Å². The lowest BCUT2D eigenvalue weighted by atomic mass is 9.91. The van der Waals surface area contributed by atoms with Crippen LogP contribution in [0.2, 0.25) is 0 Å². The number of piperazine rings is 1. The van der Waals surface area contributed by atoms with Gasteiger partial charge in [0, 0.05) is 26.2 Å². The highest BCUT2D eigenvalue weighted by atomic mass is 16.5. The number of carbonyl (C=O) groups excluding carboxylic acids is 2. The van der Waals surface area contributed by atoms with Gasteiger partial charge < -0.3 is 19.9 Å². The number of nitrogens with zero attached hydrogens (tertiary/aromatic N) is 2. The maximum atomic E-state index is 12.4. The number of methoxy groups -OCH3 is 1. The fourth-order valence-electron chi connectivity index (χ4n) is 2.93. The van der Waals surface area contributed by atoms with Gasteiger partial charge in [0.2, 0.25) is 5.91 Å². The summed E-state index contributed by atoms with van der Waals surface area (Å²) in [4.78, 5) is 28.0. The van der Waals surface area contributed by atoms with Crippen molar-refractivity contribution in [3.8, 4) is 5.75 Å². The van der Waals surface area contributed by atoms with Gasteiger partial charge in [0.15, 0.2) is 0 Å². The van der Waals surface area contributed by atoms with E-state index in [2.05, 4.69) is 26.1 Å². The Morgan fingerprint density at radius 3 is 2.46 bits per heavy atom. The maximum absolute atomic E-state index is 12.4. The molecule has 26 heavy (non-hydrogen) atoms. The Morgan fingerprint density at radius 1 is 1.19 bits per heavy atom. The fourth-order valence-corrected chi connectivity index (χ4v) is 2.93. The molecule has 1 saturated heterocycles. The quantitative estimate of drug-likeness (QED) is 0.793. The summed E-state index contributed by atoms with van der Waals surface area (Å²) in [6, 6.07) is 7.56. The number of amides is 3. The molecule has 6 heteroatoms.